The van der Waals surface area contributed by atoms with Crippen LogP contribution in [0.3, 0.4) is 0 Å². The quantitative estimate of drug-likeness (QED) is 0.612. The second-order valence-corrected chi connectivity index (χ2v) is 9.43. The molecule has 3 heterocycles. The molecule has 3 aromatic rings. The van der Waals surface area contributed by atoms with Crippen LogP contribution in [0.5, 0.6) is 0 Å². The summed E-state index contributed by atoms with van der Waals surface area (Å²) in [6.07, 6.45) is 0.848. The van der Waals surface area contributed by atoms with E-state index in [4.69, 9.17) is 0 Å². The number of aryl methyl sites for hydroxylation is 1. The summed E-state index contributed by atoms with van der Waals surface area (Å²) in [5.74, 6) is -0.515. The number of hydrogen-bond acceptors (Lipinski definition) is 5. The fourth-order valence-electron chi connectivity index (χ4n) is 3.41. The topological polar surface area (TPSA) is 85.2 Å². The number of rotatable bonds is 3. The SMILES string of the molecule is Cc1cnn(-c2ccc(S(C)(=O)=O)cc2C(=O)N2Cc3cnc(C(F)(F)F)cc3C2)c1. The molecule has 11 heteroatoms. The normalized spacial score (nSPS) is 14.0. The Hall–Kier alpha value is -3.21. The van der Waals surface area contributed by atoms with Crippen LogP contribution in [0.25, 0.3) is 5.69 Å². The van der Waals surface area contributed by atoms with Crippen molar-refractivity contribution in [2.24, 2.45) is 0 Å². The first kappa shape index (κ1) is 21.0. The van der Waals surface area contributed by atoms with Crippen LogP contribution < -0.4 is 0 Å². The van der Waals surface area contributed by atoms with Crippen molar-refractivity contribution < 1.29 is 26.4 Å². The molecule has 1 amide bonds. The van der Waals surface area contributed by atoms with Gasteiger partial charge in [0.25, 0.3) is 5.91 Å². The van der Waals surface area contributed by atoms with Crippen molar-refractivity contribution in [3.05, 3.63) is 70.8 Å². The van der Waals surface area contributed by atoms with Crippen molar-refractivity contribution in [2.45, 2.75) is 31.1 Å². The largest absolute Gasteiger partial charge is 0.433 e. The predicted octanol–water partition coefficient (Wildman–Crippen LogP) is 3.15. The van der Waals surface area contributed by atoms with Gasteiger partial charge in [-0.1, -0.05) is 0 Å². The summed E-state index contributed by atoms with van der Waals surface area (Å²) in [5, 5.41) is 4.19. The third-order valence-electron chi connectivity index (χ3n) is 4.97. The van der Waals surface area contributed by atoms with E-state index in [0.717, 1.165) is 24.1 Å². The summed E-state index contributed by atoms with van der Waals surface area (Å²) >= 11 is 0. The lowest BCUT2D eigenvalue weighted by Crippen LogP contribution is -2.27. The van der Waals surface area contributed by atoms with Gasteiger partial charge in [0.15, 0.2) is 9.84 Å². The molecule has 0 unspecified atom stereocenters. The molecule has 7 nitrogen and oxygen atoms in total. The predicted molar refractivity (Wildman–Crippen MR) is 104 cm³/mol. The monoisotopic (exact) mass is 450 g/mol. The molecule has 0 spiro atoms. The minimum atomic E-state index is -4.58. The standard InChI is InChI=1S/C20H17F3N4O3S/c1-12-7-25-27(9-12)17-4-3-15(31(2,29)30)6-16(17)19(28)26-10-13-5-18(20(21,22)23)24-8-14(13)11-26/h3-9H,10-11H2,1-2H3. The molecule has 162 valence electrons. The van der Waals surface area contributed by atoms with Crippen LogP contribution in [-0.4, -0.2) is 40.2 Å². The number of carbonyl (C=O) groups is 1. The minimum Gasteiger partial charge on any atom is -0.330 e. The molecular formula is C20H17F3N4O3S. The summed E-state index contributed by atoms with van der Waals surface area (Å²) in [6, 6.07) is 5.08. The fourth-order valence-corrected chi connectivity index (χ4v) is 4.06. The number of halogens is 3. The van der Waals surface area contributed by atoms with E-state index in [2.05, 4.69) is 10.1 Å². The lowest BCUT2D eigenvalue weighted by molar-refractivity contribution is -0.141. The highest BCUT2D eigenvalue weighted by Crippen LogP contribution is 2.32. The van der Waals surface area contributed by atoms with Crippen LogP contribution in [0.15, 0.2) is 47.8 Å². The molecule has 0 saturated carbocycles. The van der Waals surface area contributed by atoms with Gasteiger partial charge >= 0.3 is 6.18 Å². The van der Waals surface area contributed by atoms with Gasteiger partial charge < -0.3 is 4.90 Å². The van der Waals surface area contributed by atoms with E-state index >= 15 is 0 Å². The van der Waals surface area contributed by atoms with Gasteiger partial charge in [-0.05, 0) is 47.9 Å². The summed E-state index contributed by atoms with van der Waals surface area (Å²) < 4.78 is 64.4. The smallest absolute Gasteiger partial charge is 0.330 e. The zero-order valence-corrected chi connectivity index (χ0v) is 17.3. The summed E-state index contributed by atoms with van der Waals surface area (Å²) in [6.45, 7) is 1.85. The van der Waals surface area contributed by atoms with Crippen molar-refractivity contribution in [1.29, 1.82) is 0 Å². The van der Waals surface area contributed by atoms with Crippen molar-refractivity contribution in [2.75, 3.05) is 6.26 Å². The molecule has 0 bridgehead atoms. The first-order chi connectivity index (χ1) is 14.4. The number of sulfone groups is 1. The van der Waals surface area contributed by atoms with Gasteiger partial charge in [0, 0.05) is 31.7 Å². The molecule has 0 saturated heterocycles. The van der Waals surface area contributed by atoms with Crippen LogP contribution in [-0.2, 0) is 29.1 Å². The van der Waals surface area contributed by atoms with Crippen molar-refractivity contribution >= 4 is 15.7 Å². The van der Waals surface area contributed by atoms with Crippen molar-refractivity contribution in [3.8, 4) is 5.69 Å². The average molecular weight is 450 g/mol. The van der Waals surface area contributed by atoms with Gasteiger partial charge in [-0.2, -0.15) is 18.3 Å². The number of aromatic nitrogens is 3. The first-order valence-electron chi connectivity index (χ1n) is 9.13. The van der Waals surface area contributed by atoms with E-state index in [1.165, 1.54) is 27.8 Å². The Morgan fingerprint density at radius 3 is 2.42 bits per heavy atom. The number of benzene rings is 1. The van der Waals surface area contributed by atoms with E-state index in [0.29, 0.717) is 16.8 Å². The van der Waals surface area contributed by atoms with E-state index < -0.39 is 27.6 Å². The molecule has 4 rings (SSSR count). The number of nitrogens with zero attached hydrogens (tertiary/aromatic N) is 4. The van der Waals surface area contributed by atoms with E-state index in [-0.39, 0.29) is 23.5 Å². The second-order valence-electron chi connectivity index (χ2n) is 7.41. The molecule has 0 aliphatic carbocycles. The Balaban J connectivity index is 1.73. The van der Waals surface area contributed by atoms with Gasteiger partial charge in [0.1, 0.15) is 5.69 Å². The van der Waals surface area contributed by atoms with E-state index in [1.807, 2.05) is 6.92 Å². The number of carbonyl (C=O) groups excluding carboxylic acids is 1. The first-order valence-corrected chi connectivity index (χ1v) is 11.0. The number of alkyl halides is 3. The van der Waals surface area contributed by atoms with Crippen LogP contribution in [0.4, 0.5) is 13.2 Å². The Morgan fingerprint density at radius 1 is 1.10 bits per heavy atom. The van der Waals surface area contributed by atoms with E-state index in [1.54, 1.807) is 12.4 Å². The number of hydrogen-bond donors (Lipinski definition) is 0. The molecule has 31 heavy (non-hydrogen) atoms. The fraction of sp³-hybridized carbons (Fsp3) is 0.250. The summed E-state index contributed by atoms with van der Waals surface area (Å²) in [7, 11) is -3.59. The zero-order chi connectivity index (χ0) is 22.6. The lowest BCUT2D eigenvalue weighted by atomic mass is 10.1. The van der Waals surface area contributed by atoms with Crippen LogP contribution in [0.1, 0.15) is 32.7 Å². The zero-order valence-electron chi connectivity index (χ0n) is 16.5. The van der Waals surface area contributed by atoms with Gasteiger partial charge in [-0.3, -0.25) is 9.78 Å². The maximum atomic E-state index is 13.3. The van der Waals surface area contributed by atoms with Crippen LogP contribution in [0.2, 0.25) is 0 Å². The molecule has 0 fully saturated rings. The lowest BCUT2D eigenvalue weighted by Gasteiger charge is -2.18. The summed E-state index contributed by atoms with van der Waals surface area (Å²) in [5.41, 5.74) is 1.14. The Labute approximate surface area is 176 Å². The Kier molecular flexibility index (Phi) is 4.88. The van der Waals surface area contributed by atoms with Crippen molar-refractivity contribution in [3.63, 3.8) is 0 Å². The Morgan fingerprint density at radius 2 is 1.81 bits per heavy atom. The number of amides is 1. The summed E-state index contributed by atoms with van der Waals surface area (Å²) in [4.78, 5) is 18.1. The van der Waals surface area contributed by atoms with Crippen LogP contribution >= 0.6 is 0 Å². The van der Waals surface area contributed by atoms with Gasteiger partial charge in [-0.15, -0.1) is 0 Å². The highest BCUT2D eigenvalue weighted by molar-refractivity contribution is 7.90. The minimum absolute atomic E-state index is 0.0405. The number of pyridine rings is 1. The van der Waals surface area contributed by atoms with Crippen LogP contribution in [0, 0.1) is 6.92 Å². The molecule has 0 radical (unpaired) electrons. The highest BCUT2D eigenvalue weighted by atomic mass is 32.2. The van der Waals surface area contributed by atoms with Gasteiger partial charge in [-0.25, -0.2) is 13.1 Å². The molecule has 1 aliphatic heterocycles. The molecule has 1 aliphatic rings. The van der Waals surface area contributed by atoms with Crippen molar-refractivity contribution in [1.82, 2.24) is 19.7 Å². The van der Waals surface area contributed by atoms with Gasteiger partial charge in [0.05, 0.1) is 22.3 Å². The molecule has 0 N–H and O–H groups in total. The average Bonchev–Trinajstić information content (AvgIpc) is 3.31. The third kappa shape index (κ3) is 4.05. The molecule has 1 aromatic carbocycles. The highest BCUT2D eigenvalue weighted by Gasteiger charge is 2.35. The molecule has 0 atom stereocenters. The molecular weight excluding hydrogens is 433 g/mol. The number of fused-ring (bicyclic) bond motifs is 1. The maximum absolute atomic E-state index is 13.3. The van der Waals surface area contributed by atoms with E-state index in [9.17, 15) is 26.4 Å². The maximum Gasteiger partial charge on any atom is 0.433 e. The van der Waals surface area contributed by atoms with Gasteiger partial charge in [0.2, 0.25) is 0 Å². The molecule has 2 aromatic heterocycles. The third-order valence-corrected chi connectivity index (χ3v) is 6.08. The Bertz CT molecular complexity index is 1300. The second kappa shape index (κ2) is 7.19.